The monoisotopic (exact) mass is 421 g/mol. The van der Waals surface area contributed by atoms with Crippen LogP contribution in [0.25, 0.3) is 6.08 Å². The number of hydrogen-bond donors (Lipinski definition) is 0. The van der Waals surface area contributed by atoms with E-state index in [1.165, 1.54) is 6.08 Å². The molecule has 1 aromatic heterocycles. The first-order valence-corrected chi connectivity index (χ1v) is 9.55. The number of benzene rings is 2. The molecule has 0 saturated heterocycles. The molecular weight excluding hydrogens is 398 g/mol. The van der Waals surface area contributed by atoms with Crippen molar-refractivity contribution in [3.63, 3.8) is 0 Å². The molecule has 0 spiro atoms. The van der Waals surface area contributed by atoms with E-state index in [2.05, 4.69) is 5.10 Å². The molecule has 0 bridgehead atoms. The van der Waals surface area contributed by atoms with Gasteiger partial charge in [-0.1, -0.05) is 24.3 Å². The normalized spacial score (nSPS) is 11.0. The van der Waals surface area contributed by atoms with Crippen LogP contribution in [0.1, 0.15) is 32.9 Å². The van der Waals surface area contributed by atoms with Crippen molar-refractivity contribution in [1.82, 2.24) is 9.78 Å². The number of nitrogens with zero attached hydrogens (tertiary/aromatic N) is 3. The van der Waals surface area contributed by atoms with E-state index in [9.17, 15) is 14.9 Å². The Morgan fingerprint density at radius 3 is 2.58 bits per heavy atom. The van der Waals surface area contributed by atoms with Crippen LogP contribution in [0.3, 0.4) is 0 Å². The molecule has 0 atom stereocenters. The van der Waals surface area contributed by atoms with Crippen molar-refractivity contribution in [1.29, 1.82) is 0 Å². The summed E-state index contributed by atoms with van der Waals surface area (Å²) in [5.74, 6) is 1.10. The highest BCUT2D eigenvalue weighted by Crippen LogP contribution is 2.26. The van der Waals surface area contributed by atoms with Crippen LogP contribution in [0.5, 0.6) is 11.5 Å². The Hall–Kier alpha value is -3.94. The molecule has 0 aliphatic rings. The standard InChI is InChI=1S/C23H23N3O5/c1-15-23(26(28)29)16(2)25(24-15)14-19-12-17(9-11-22(19)31-4)8-10-21(27)18-6-5-7-20(13-18)30-3/h5-13H,14H2,1-4H3/b10-8+. The van der Waals surface area contributed by atoms with Crippen molar-refractivity contribution in [2.24, 2.45) is 0 Å². The maximum Gasteiger partial charge on any atom is 0.312 e. The molecule has 8 heteroatoms. The minimum Gasteiger partial charge on any atom is -0.497 e. The van der Waals surface area contributed by atoms with Gasteiger partial charge < -0.3 is 9.47 Å². The lowest BCUT2D eigenvalue weighted by Crippen LogP contribution is -2.06. The fourth-order valence-electron chi connectivity index (χ4n) is 3.34. The highest BCUT2D eigenvalue weighted by atomic mass is 16.6. The molecule has 1 heterocycles. The quantitative estimate of drug-likeness (QED) is 0.232. The van der Waals surface area contributed by atoms with Crippen molar-refractivity contribution in [3.8, 4) is 11.5 Å². The lowest BCUT2D eigenvalue weighted by molar-refractivity contribution is -0.386. The molecule has 0 aliphatic carbocycles. The summed E-state index contributed by atoms with van der Waals surface area (Å²) in [7, 11) is 3.11. The molecule has 0 fully saturated rings. The predicted octanol–water partition coefficient (Wildman–Crippen LogP) is 4.37. The summed E-state index contributed by atoms with van der Waals surface area (Å²) < 4.78 is 12.2. The molecule has 8 nitrogen and oxygen atoms in total. The minimum absolute atomic E-state index is 0.0129. The topological polar surface area (TPSA) is 96.5 Å². The zero-order valence-corrected chi connectivity index (χ0v) is 17.8. The molecule has 0 unspecified atom stereocenters. The molecule has 0 saturated carbocycles. The minimum atomic E-state index is -0.422. The van der Waals surface area contributed by atoms with Crippen LogP contribution in [0.15, 0.2) is 48.5 Å². The molecule has 2 aromatic carbocycles. The molecule has 0 aliphatic heterocycles. The number of methoxy groups -OCH3 is 2. The van der Waals surface area contributed by atoms with E-state index < -0.39 is 4.92 Å². The summed E-state index contributed by atoms with van der Waals surface area (Å²) in [6, 6.07) is 12.5. The SMILES string of the molecule is COc1cccc(C(=O)/C=C/c2ccc(OC)c(Cn3nc(C)c([N+](=O)[O-])c3C)c2)c1. The highest BCUT2D eigenvalue weighted by Gasteiger charge is 2.22. The first-order valence-electron chi connectivity index (χ1n) is 9.55. The Morgan fingerprint density at radius 1 is 1.16 bits per heavy atom. The van der Waals surface area contributed by atoms with Crippen molar-refractivity contribution < 1.29 is 19.2 Å². The van der Waals surface area contributed by atoms with Gasteiger partial charge in [0.15, 0.2) is 5.78 Å². The molecule has 3 aromatic rings. The average Bonchev–Trinajstić information content (AvgIpc) is 3.05. The number of allylic oxidation sites excluding steroid dienone is 1. The second kappa shape index (κ2) is 9.25. The van der Waals surface area contributed by atoms with Crippen LogP contribution < -0.4 is 9.47 Å². The summed E-state index contributed by atoms with van der Waals surface area (Å²) >= 11 is 0. The highest BCUT2D eigenvalue weighted by molar-refractivity contribution is 6.07. The molecule has 31 heavy (non-hydrogen) atoms. The van der Waals surface area contributed by atoms with Gasteiger partial charge in [0, 0.05) is 11.1 Å². The molecule has 0 amide bonds. The third-order valence-corrected chi connectivity index (χ3v) is 4.93. The molecule has 0 radical (unpaired) electrons. The molecule has 160 valence electrons. The second-order valence-corrected chi connectivity index (χ2v) is 6.94. The lowest BCUT2D eigenvalue weighted by atomic mass is 10.1. The third-order valence-electron chi connectivity index (χ3n) is 4.93. The zero-order chi connectivity index (χ0) is 22.5. The number of hydrogen-bond acceptors (Lipinski definition) is 6. The number of aromatic nitrogens is 2. The second-order valence-electron chi connectivity index (χ2n) is 6.94. The van der Waals surface area contributed by atoms with E-state index in [4.69, 9.17) is 9.47 Å². The van der Waals surface area contributed by atoms with Gasteiger partial charge in [0.05, 0.1) is 25.7 Å². The molecular formula is C23H23N3O5. The van der Waals surface area contributed by atoms with Crippen molar-refractivity contribution in [2.45, 2.75) is 20.4 Å². The summed E-state index contributed by atoms with van der Waals surface area (Å²) in [5.41, 5.74) is 2.96. The van der Waals surface area contributed by atoms with Crippen molar-refractivity contribution in [2.75, 3.05) is 14.2 Å². The summed E-state index contributed by atoms with van der Waals surface area (Å²) in [6.07, 6.45) is 3.21. The first kappa shape index (κ1) is 21.8. The summed E-state index contributed by atoms with van der Waals surface area (Å²) in [4.78, 5) is 23.3. The van der Waals surface area contributed by atoms with Gasteiger partial charge in [-0.25, -0.2) is 0 Å². The summed E-state index contributed by atoms with van der Waals surface area (Å²) in [5, 5.41) is 15.6. The Balaban J connectivity index is 1.87. The Labute approximate surface area is 179 Å². The average molecular weight is 421 g/mol. The lowest BCUT2D eigenvalue weighted by Gasteiger charge is -2.11. The molecule has 3 rings (SSSR count). The predicted molar refractivity (Wildman–Crippen MR) is 117 cm³/mol. The number of carbonyl (C=O) groups is 1. The van der Waals surface area contributed by atoms with Crippen molar-refractivity contribution >= 4 is 17.5 Å². The fourth-order valence-corrected chi connectivity index (χ4v) is 3.34. The Bertz CT molecular complexity index is 1160. The Kier molecular flexibility index (Phi) is 6.49. The van der Waals surface area contributed by atoms with E-state index in [0.29, 0.717) is 35.0 Å². The van der Waals surface area contributed by atoms with E-state index >= 15 is 0 Å². The smallest absolute Gasteiger partial charge is 0.312 e. The zero-order valence-electron chi connectivity index (χ0n) is 17.8. The van der Waals surface area contributed by atoms with Crippen LogP contribution >= 0.6 is 0 Å². The Morgan fingerprint density at radius 2 is 1.94 bits per heavy atom. The van der Waals surface area contributed by atoms with Gasteiger partial charge in [0.2, 0.25) is 0 Å². The van der Waals surface area contributed by atoms with E-state index in [1.807, 2.05) is 12.1 Å². The van der Waals surface area contributed by atoms with Crippen LogP contribution in [0, 0.1) is 24.0 Å². The third kappa shape index (κ3) is 4.80. The summed E-state index contributed by atoms with van der Waals surface area (Å²) in [6.45, 7) is 3.58. The van der Waals surface area contributed by atoms with Crippen LogP contribution in [0.2, 0.25) is 0 Å². The van der Waals surface area contributed by atoms with Gasteiger partial charge in [0.25, 0.3) is 0 Å². The van der Waals surface area contributed by atoms with E-state index in [-0.39, 0.29) is 11.5 Å². The van der Waals surface area contributed by atoms with Gasteiger partial charge in [-0.05, 0) is 49.8 Å². The number of carbonyl (C=O) groups excluding carboxylic acids is 1. The van der Waals surface area contributed by atoms with Gasteiger partial charge in [0.1, 0.15) is 22.9 Å². The van der Waals surface area contributed by atoms with Crippen LogP contribution in [0.4, 0.5) is 5.69 Å². The van der Waals surface area contributed by atoms with Gasteiger partial charge >= 0.3 is 5.69 Å². The van der Waals surface area contributed by atoms with Gasteiger partial charge in [-0.2, -0.15) is 5.10 Å². The van der Waals surface area contributed by atoms with Gasteiger partial charge in [-0.3, -0.25) is 19.6 Å². The number of rotatable bonds is 8. The van der Waals surface area contributed by atoms with Crippen LogP contribution in [-0.4, -0.2) is 34.7 Å². The fraction of sp³-hybridized carbons (Fsp3) is 0.217. The van der Waals surface area contributed by atoms with Crippen molar-refractivity contribution in [3.05, 3.63) is 86.7 Å². The number of nitro groups is 1. The number of aryl methyl sites for hydroxylation is 1. The molecule has 0 N–H and O–H groups in total. The number of ketones is 1. The number of ether oxygens (including phenoxy) is 2. The largest absolute Gasteiger partial charge is 0.497 e. The van der Waals surface area contributed by atoms with Crippen LogP contribution in [-0.2, 0) is 6.54 Å². The van der Waals surface area contributed by atoms with E-state index in [0.717, 1.165) is 11.1 Å². The van der Waals surface area contributed by atoms with Gasteiger partial charge in [-0.15, -0.1) is 0 Å². The first-order chi connectivity index (χ1) is 14.8. The van der Waals surface area contributed by atoms with E-state index in [1.54, 1.807) is 69.2 Å². The maximum atomic E-state index is 12.5. The maximum absolute atomic E-state index is 12.5.